The van der Waals surface area contributed by atoms with Gasteiger partial charge in [0, 0.05) is 17.4 Å². The normalized spacial score (nSPS) is 21.3. The molecule has 24 heavy (non-hydrogen) atoms. The maximum Gasteiger partial charge on any atom is 0.167 e. The largest absolute Gasteiger partial charge is 0.507 e. The highest BCUT2D eigenvalue weighted by atomic mass is 32.1. The number of aliphatic hydroxyl groups excluding tert-OH is 1. The summed E-state index contributed by atoms with van der Waals surface area (Å²) < 4.78 is 0. The van der Waals surface area contributed by atoms with Crippen molar-refractivity contribution in [2.24, 2.45) is 0 Å². The molecule has 0 saturated heterocycles. The number of carbonyl (C=O) groups excluding carboxylic acids is 1. The molecule has 0 saturated carbocycles. The third-order valence-corrected chi connectivity index (χ3v) is 5.22. The third-order valence-electron chi connectivity index (χ3n) is 4.54. The van der Waals surface area contributed by atoms with Gasteiger partial charge in [-0.25, -0.2) is 0 Å². The Bertz CT molecular complexity index is 767. The zero-order valence-electron chi connectivity index (χ0n) is 13.9. The van der Waals surface area contributed by atoms with Crippen molar-refractivity contribution in [2.75, 3.05) is 0 Å². The fourth-order valence-electron chi connectivity index (χ4n) is 3.29. The highest BCUT2D eigenvalue weighted by Crippen LogP contribution is 2.38. The van der Waals surface area contributed by atoms with E-state index in [1.165, 1.54) is 16.9 Å². The Morgan fingerprint density at radius 1 is 1.12 bits per heavy atom. The van der Waals surface area contributed by atoms with Crippen LogP contribution in [-0.4, -0.2) is 10.9 Å². The van der Waals surface area contributed by atoms with Crippen LogP contribution >= 0.6 is 11.3 Å². The summed E-state index contributed by atoms with van der Waals surface area (Å²) in [4.78, 5) is 12.9. The molecule has 0 spiro atoms. The number of benzene rings is 1. The Balaban J connectivity index is 2.28. The van der Waals surface area contributed by atoms with Gasteiger partial charge in [0.05, 0.1) is 5.57 Å². The van der Waals surface area contributed by atoms with Gasteiger partial charge in [-0.05, 0) is 48.3 Å². The first-order valence-corrected chi connectivity index (χ1v) is 9.43. The van der Waals surface area contributed by atoms with Gasteiger partial charge in [0.1, 0.15) is 5.76 Å². The number of aliphatic hydroxyl groups is 1. The minimum absolute atomic E-state index is 0.0446. The van der Waals surface area contributed by atoms with Crippen molar-refractivity contribution >= 4 is 28.5 Å². The molecule has 3 rings (SSSR count). The number of thiophene rings is 1. The number of Topliss-reactive ketones (excluding diaryl/α,β-unsaturated/α-hetero) is 1. The number of hydrogen-bond donors (Lipinski definition) is 1. The number of carbonyl (C=O) groups is 1. The monoisotopic (exact) mass is 338 g/mol. The van der Waals surface area contributed by atoms with Crippen molar-refractivity contribution in [3.8, 4) is 0 Å². The number of ketones is 1. The van der Waals surface area contributed by atoms with Crippen LogP contribution < -0.4 is 0 Å². The fourth-order valence-corrected chi connectivity index (χ4v) is 3.93. The predicted octanol–water partition coefficient (Wildman–Crippen LogP) is 6.02. The number of allylic oxidation sites excluding steroid dienone is 3. The van der Waals surface area contributed by atoms with Crippen molar-refractivity contribution in [3.63, 3.8) is 0 Å². The SMILES string of the molecule is CC/C1=C(/c2ccccc2)C(=C(O)c2ccsc2)C(=O)CCCC1. The average Bonchev–Trinajstić information content (AvgIpc) is 3.13. The predicted molar refractivity (Wildman–Crippen MR) is 101 cm³/mol. The molecule has 0 aliphatic heterocycles. The lowest BCUT2D eigenvalue weighted by Crippen LogP contribution is -2.12. The van der Waals surface area contributed by atoms with Crippen LogP contribution in [0.15, 0.2) is 58.3 Å². The second kappa shape index (κ2) is 7.63. The van der Waals surface area contributed by atoms with Crippen LogP contribution in [-0.2, 0) is 4.79 Å². The van der Waals surface area contributed by atoms with Gasteiger partial charge in [-0.15, -0.1) is 0 Å². The Morgan fingerprint density at radius 3 is 2.54 bits per heavy atom. The summed E-state index contributed by atoms with van der Waals surface area (Å²) in [6.45, 7) is 2.13. The molecule has 1 aromatic carbocycles. The minimum atomic E-state index is 0.0446. The van der Waals surface area contributed by atoms with E-state index < -0.39 is 0 Å². The second-order valence-corrected chi connectivity index (χ2v) is 6.84. The van der Waals surface area contributed by atoms with Crippen molar-refractivity contribution in [1.29, 1.82) is 0 Å². The van der Waals surface area contributed by atoms with Crippen LogP contribution in [0.3, 0.4) is 0 Å². The Hall–Kier alpha value is -2.13. The molecule has 2 nitrogen and oxygen atoms in total. The molecule has 0 unspecified atom stereocenters. The molecule has 3 heteroatoms. The van der Waals surface area contributed by atoms with Gasteiger partial charge in [-0.2, -0.15) is 11.3 Å². The number of hydrogen-bond acceptors (Lipinski definition) is 3. The van der Waals surface area contributed by atoms with Gasteiger partial charge < -0.3 is 5.11 Å². The quantitative estimate of drug-likeness (QED) is 0.548. The topological polar surface area (TPSA) is 37.3 Å². The van der Waals surface area contributed by atoms with Crippen LogP contribution in [0.1, 0.15) is 50.2 Å². The summed E-state index contributed by atoms with van der Waals surface area (Å²) >= 11 is 1.52. The summed E-state index contributed by atoms with van der Waals surface area (Å²) in [6, 6.07) is 11.9. The molecule has 0 bridgehead atoms. The zero-order valence-corrected chi connectivity index (χ0v) is 14.7. The molecule has 0 radical (unpaired) electrons. The molecule has 1 aromatic heterocycles. The molecular weight excluding hydrogens is 316 g/mol. The van der Waals surface area contributed by atoms with E-state index in [1.807, 2.05) is 47.2 Å². The van der Waals surface area contributed by atoms with Crippen LogP contribution in [0.5, 0.6) is 0 Å². The standard InChI is InChI=1S/C21H22O2S/c1-2-15-8-6-7-11-18(22)20(21(23)17-12-13-24-14-17)19(15)16-9-4-3-5-10-16/h3-5,9-10,12-14,23H,2,6-8,11H2,1H3/b19-15+,21-20?. The molecule has 1 N–H and O–H groups in total. The maximum absolute atomic E-state index is 12.9. The number of rotatable bonds is 3. The summed E-state index contributed by atoms with van der Waals surface area (Å²) in [7, 11) is 0. The van der Waals surface area contributed by atoms with Crippen molar-refractivity contribution in [1.82, 2.24) is 0 Å². The Labute approximate surface area is 147 Å². The van der Waals surface area contributed by atoms with Gasteiger partial charge in [0.25, 0.3) is 0 Å². The summed E-state index contributed by atoms with van der Waals surface area (Å²) in [5, 5.41) is 14.7. The molecule has 2 aromatic rings. The van der Waals surface area contributed by atoms with Crippen LogP contribution in [0, 0.1) is 0 Å². The van der Waals surface area contributed by atoms with Crippen molar-refractivity contribution in [2.45, 2.75) is 39.0 Å². The lowest BCUT2D eigenvalue weighted by atomic mass is 9.82. The lowest BCUT2D eigenvalue weighted by molar-refractivity contribution is -0.115. The summed E-state index contributed by atoms with van der Waals surface area (Å²) in [5.41, 5.74) is 4.43. The van der Waals surface area contributed by atoms with E-state index in [-0.39, 0.29) is 11.5 Å². The van der Waals surface area contributed by atoms with Gasteiger partial charge in [-0.3, -0.25) is 4.79 Å². The summed E-state index contributed by atoms with van der Waals surface area (Å²) in [6.07, 6.45) is 4.27. The molecule has 124 valence electrons. The summed E-state index contributed by atoms with van der Waals surface area (Å²) in [5.74, 6) is 0.163. The van der Waals surface area contributed by atoms with Gasteiger partial charge in [0.15, 0.2) is 5.78 Å². The van der Waals surface area contributed by atoms with Crippen LogP contribution in [0.4, 0.5) is 0 Å². The third kappa shape index (κ3) is 3.36. The maximum atomic E-state index is 12.9. The average molecular weight is 338 g/mol. The zero-order chi connectivity index (χ0) is 16.9. The van der Waals surface area contributed by atoms with E-state index in [9.17, 15) is 9.90 Å². The highest BCUT2D eigenvalue weighted by Gasteiger charge is 2.25. The molecule has 0 atom stereocenters. The van der Waals surface area contributed by atoms with Gasteiger partial charge in [-0.1, -0.05) is 42.8 Å². The van der Waals surface area contributed by atoms with Crippen LogP contribution in [0.2, 0.25) is 0 Å². The molecular formula is C21H22O2S. The molecule has 1 aliphatic rings. The molecule has 0 amide bonds. The van der Waals surface area contributed by atoms with E-state index in [1.54, 1.807) is 0 Å². The first-order valence-electron chi connectivity index (χ1n) is 8.49. The van der Waals surface area contributed by atoms with Crippen molar-refractivity contribution < 1.29 is 9.90 Å². The first kappa shape index (κ1) is 16.7. The van der Waals surface area contributed by atoms with Crippen LogP contribution in [0.25, 0.3) is 11.3 Å². The second-order valence-electron chi connectivity index (χ2n) is 6.06. The highest BCUT2D eigenvalue weighted by molar-refractivity contribution is 7.08. The van der Waals surface area contributed by atoms with E-state index in [0.717, 1.165) is 42.4 Å². The van der Waals surface area contributed by atoms with Gasteiger partial charge >= 0.3 is 0 Å². The molecule has 0 fully saturated rings. The fraction of sp³-hybridized carbons (Fsp3) is 0.286. The Kier molecular flexibility index (Phi) is 5.31. The van der Waals surface area contributed by atoms with E-state index in [0.29, 0.717) is 12.0 Å². The van der Waals surface area contributed by atoms with Crippen molar-refractivity contribution in [3.05, 3.63) is 69.4 Å². The van der Waals surface area contributed by atoms with Gasteiger partial charge in [0.2, 0.25) is 0 Å². The Morgan fingerprint density at radius 2 is 1.88 bits per heavy atom. The van der Waals surface area contributed by atoms with E-state index >= 15 is 0 Å². The lowest BCUT2D eigenvalue weighted by Gasteiger charge is -2.21. The smallest absolute Gasteiger partial charge is 0.167 e. The van der Waals surface area contributed by atoms with E-state index in [2.05, 4.69) is 6.92 Å². The molecule has 1 aliphatic carbocycles. The minimum Gasteiger partial charge on any atom is -0.507 e. The molecule has 1 heterocycles. The first-order chi connectivity index (χ1) is 11.7. The van der Waals surface area contributed by atoms with E-state index in [4.69, 9.17) is 0 Å².